The molecule has 5 nitrogen and oxygen atoms in total. The number of benzene rings is 2. The van der Waals surface area contributed by atoms with Gasteiger partial charge in [0.15, 0.2) is 11.5 Å². The fourth-order valence-electron chi connectivity index (χ4n) is 3.04. The summed E-state index contributed by atoms with van der Waals surface area (Å²) in [5, 5.41) is 3.95. The molecule has 0 radical (unpaired) electrons. The first-order valence-electron chi connectivity index (χ1n) is 9.18. The van der Waals surface area contributed by atoms with Crippen molar-refractivity contribution in [3.05, 3.63) is 101 Å². The number of aryl methyl sites for hydroxylation is 1. The van der Waals surface area contributed by atoms with E-state index in [4.69, 9.17) is 8.94 Å². The lowest BCUT2D eigenvalue weighted by atomic mass is 10.1. The number of carbonyl (C=O) groups is 1. The van der Waals surface area contributed by atoms with E-state index in [1.807, 2.05) is 31.2 Å². The minimum atomic E-state index is -0.351. The molecular formula is C23H19FN2O3. The van der Waals surface area contributed by atoms with Gasteiger partial charge >= 0.3 is 0 Å². The average molecular weight is 390 g/mol. The SMILES string of the molecule is Cc1ccc(-c2cc(C(=O)N(Cc3cccc(F)c3)Cc3ccco3)no2)cc1. The summed E-state index contributed by atoms with van der Waals surface area (Å²) in [6.45, 7) is 2.44. The highest BCUT2D eigenvalue weighted by atomic mass is 19.1. The number of hydrogen-bond acceptors (Lipinski definition) is 4. The molecular weight excluding hydrogens is 371 g/mol. The van der Waals surface area contributed by atoms with Crippen molar-refractivity contribution in [1.29, 1.82) is 0 Å². The number of amides is 1. The normalized spacial score (nSPS) is 10.8. The molecule has 0 N–H and O–H groups in total. The van der Waals surface area contributed by atoms with Gasteiger partial charge in [-0.2, -0.15) is 0 Å². The van der Waals surface area contributed by atoms with Crippen molar-refractivity contribution in [3.63, 3.8) is 0 Å². The van der Waals surface area contributed by atoms with Crippen LogP contribution in [0.25, 0.3) is 11.3 Å². The van der Waals surface area contributed by atoms with Crippen molar-refractivity contribution in [2.75, 3.05) is 0 Å². The van der Waals surface area contributed by atoms with Crippen LogP contribution in [0.1, 0.15) is 27.4 Å². The first kappa shape index (κ1) is 18.7. The van der Waals surface area contributed by atoms with Gasteiger partial charge in [-0.3, -0.25) is 4.79 Å². The zero-order valence-corrected chi connectivity index (χ0v) is 15.8. The maximum Gasteiger partial charge on any atom is 0.276 e. The molecule has 0 unspecified atom stereocenters. The lowest BCUT2D eigenvalue weighted by Crippen LogP contribution is -2.30. The van der Waals surface area contributed by atoms with Gasteiger partial charge in [0, 0.05) is 18.2 Å². The molecule has 2 aromatic carbocycles. The third kappa shape index (κ3) is 4.43. The van der Waals surface area contributed by atoms with Crippen LogP contribution in [0.2, 0.25) is 0 Å². The summed E-state index contributed by atoms with van der Waals surface area (Å²) in [5.41, 5.74) is 2.82. The van der Waals surface area contributed by atoms with Crippen molar-refractivity contribution in [2.24, 2.45) is 0 Å². The molecule has 0 aliphatic carbocycles. The van der Waals surface area contributed by atoms with Crippen molar-refractivity contribution in [2.45, 2.75) is 20.0 Å². The Bertz CT molecular complexity index is 1100. The van der Waals surface area contributed by atoms with Gasteiger partial charge in [-0.25, -0.2) is 4.39 Å². The van der Waals surface area contributed by atoms with Gasteiger partial charge in [0.1, 0.15) is 11.6 Å². The number of furan rings is 1. The fourth-order valence-corrected chi connectivity index (χ4v) is 3.04. The molecule has 2 heterocycles. The predicted molar refractivity (Wildman–Crippen MR) is 105 cm³/mol. The van der Waals surface area contributed by atoms with Crippen LogP contribution in [0.5, 0.6) is 0 Å². The minimum absolute atomic E-state index is 0.184. The molecule has 0 aliphatic heterocycles. The number of halogens is 1. The van der Waals surface area contributed by atoms with Gasteiger partial charge in [-0.1, -0.05) is 47.1 Å². The van der Waals surface area contributed by atoms with E-state index in [0.717, 1.165) is 11.1 Å². The second-order valence-electron chi connectivity index (χ2n) is 6.81. The van der Waals surface area contributed by atoms with Crippen LogP contribution in [0.15, 0.2) is 81.9 Å². The van der Waals surface area contributed by atoms with E-state index in [1.165, 1.54) is 12.1 Å². The van der Waals surface area contributed by atoms with Crippen molar-refractivity contribution < 1.29 is 18.1 Å². The fraction of sp³-hybridized carbons (Fsp3) is 0.130. The number of aromatic nitrogens is 1. The van der Waals surface area contributed by atoms with Gasteiger partial charge in [-0.05, 0) is 36.8 Å². The summed E-state index contributed by atoms with van der Waals surface area (Å²) < 4.78 is 24.4. The third-order valence-electron chi connectivity index (χ3n) is 4.54. The van der Waals surface area contributed by atoms with Gasteiger partial charge in [0.25, 0.3) is 5.91 Å². The van der Waals surface area contributed by atoms with Crippen LogP contribution in [0.4, 0.5) is 4.39 Å². The number of carbonyl (C=O) groups excluding carboxylic acids is 1. The molecule has 2 aromatic heterocycles. The molecule has 29 heavy (non-hydrogen) atoms. The van der Waals surface area contributed by atoms with Crippen LogP contribution < -0.4 is 0 Å². The van der Waals surface area contributed by atoms with Crippen LogP contribution in [-0.2, 0) is 13.1 Å². The highest BCUT2D eigenvalue weighted by Crippen LogP contribution is 2.22. The smallest absolute Gasteiger partial charge is 0.276 e. The van der Waals surface area contributed by atoms with E-state index >= 15 is 0 Å². The summed E-state index contributed by atoms with van der Waals surface area (Å²) >= 11 is 0. The lowest BCUT2D eigenvalue weighted by molar-refractivity contribution is 0.0707. The topological polar surface area (TPSA) is 59.5 Å². The summed E-state index contributed by atoms with van der Waals surface area (Å²) in [6.07, 6.45) is 1.55. The van der Waals surface area contributed by atoms with E-state index in [9.17, 15) is 9.18 Å². The number of hydrogen-bond donors (Lipinski definition) is 0. The maximum atomic E-state index is 13.6. The average Bonchev–Trinajstić information content (AvgIpc) is 3.40. The van der Waals surface area contributed by atoms with Crippen LogP contribution in [0.3, 0.4) is 0 Å². The molecule has 0 atom stereocenters. The molecule has 0 fully saturated rings. The van der Waals surface area contributed by atoms with E-state index in [2.05, 4.69) is 5.16 Å². The Morgan fingerprint density at radius 1 is 1.03 bits per heavy atom. The molecule has 1 amide bonds. The minimum Gasteiger partial charge on any atom is -0.467 e. The monoisotopic (exact) mass is 390 g/mol. The molecule has 4 aromatic rings. The Hall–Kier alpha value is -3.67. The summed E-state index contributed by atoms with van der Waals surface area (Å²) in [7, 11) is 0. The van der Waals surface area contributed by atoms with Crippen LogP contribution in [-0.4, -0.2) is 16.0 Å². The number of rotatable bonds is 6. The third-order valence-corrected chi connectivity index (χ3v) is 4.54. The Kier molecular flexibility index (Phi) is 5.24. The van der Waals surface area contributed by atoms with E-state index in [1.54, 1.807) is 41.5 Å². The zero-order valence-electron chi connectivity index (χ0n) is 15.8. The first-order chi connectivity index (χ1) is 14.1. The first-order valence-corrected chi connectivity index (χ1v) is 9.18. The summed E-state index contributed by atoms with van der Waals surface area (Å²) in [5.74, 6) is 0.456. The summed E-state index contributed by atoms with van der Waals surface area (Å²) in [4.78, 5) is 14.7. The Labute approximate surface area is 167 Å². The van der Waals surface area contributed by atoms with Crippen LogP contribution >= 0.6 is 0 Å². The lowest BCUT2D eigenvalue weighted by Gasteiger charge is -2.20. The zero-order chi connectivity index (χ0) is 20.2. The summed E-state index contributed by atoms with van der Waals surface area (Å²) in [6, 6.07) is 19.1. The van der Waals surface area contributed by atoms with Crippen LogP contribution in [0, 0.1) is 12.7 Å². The quantitative estimate of drug-likeness (QED) is 0.453. The molecule has 0 aliphatic rings. The van der Waals surface area contributed by atoms with E-state index in [-0.39, 0.29) is 30.5 Å². The van der Waals surface area contributed by atoms with E-state index in [0.29, 0.717) is 17.1 Å². The van der Waals surface area contributed by atoms with Crippen molar-refractivity contribution in [1.82, 2.24) is 10.1 Å². The van der Waals surface area contributed by atoms with E-state index < -0.39 is 0 Å². The van der Waals surface area contributed by atoms with Crippen molar-refractivity contribution >= 4 is 5.91 Å². The van der Waals surface area contributed by atoms with Crippen molar-refractivity contribution in [3.8, 4) is 11.3 Å². The second-order valence-corrected chi connectivity index (χ2v) is 6.81. The number of nitrogens with zero attached hydrogens (tertiary/aromatic N) is 2. The molecule has 6 heteroatoms. The Morgan fingerprint density at radius 3 is 2.59 bits per heavy atom. The standard InChI is InChI=1S/C23H19FN2O3/c1-16-7-9-18(10-8-16)22-13-21(25-29-22)23(27)26(15-20-6-3-11-28-20)14-17-4-2-5-19(24)12-17/h2-13H,14-15H2,1H3. The molecule has 146 valence electrons. The largest absolute Gasteiger partial charge is 0.467 e. The molecule has 0 bridgehead atoms. The molecule has 4 rings (SSSR count). The Morgan fingerprint density at radius 2 is 1.86 bits per heavy atom. The molecule has 0 saturated heterocycles. The van der Waals surface area contributed by atoms with Gasteiger partial charge < -0.3 is 13.8 Å². The van der Waals surface area contributed by atoms with Gasteiger partial charge in [0.2, 0.25) is 0 Å². The van der Waals surface area contributed by atoms with Gasteiger partial charge in [0.05, 0.1) is 12.8 Å². The van der Waals surface area contributed by atoms with Gasteiger partial charge in [-0.15, -0.1) is 0 Å². The molecule has 0 saturated carbocycles. The Balaban J connectivity index is 1.59. The molecule has 0 spiro atoms. The maximum absolute atomic E-state index is 13.6. The highest BCUT2D eigenvalue weighted by Gasteiger charge is 2.22. The second kappa shape index (κ2) is 8.14. The predicted octanol–water partition coefficient (Wildman–Crippen LogP) is 5.22. The highest BCUT2D eigenvalue weighted by molar-refractivity contribution is 5.93.